The lowest BCUT2D eigenvalue weighted by Gasteiger charge is -2.29. The molecule has 0 spiro atoms. The number of hydrogen-bond donors (Lipinski definition) is 3. The van der Waals surface area contributed by atoms with Gasteiger partial charge in [0, 0.05) is 18.9 Å². The maximum atomic E-state index is 12.8. The van der Waals surface area contributed by atoms with Gasteiger partial charge < -0.3 is 25.6 Å². The van der Waals surface area contributed by atoms with E-state index in [0.717, 1.165) is 12.0 Å². The predicted octanol–water partition coefficient (Wildman–Crippen LogP) is 3.41. The Bertz CT molecular complexity index is 807. The number of nitrogens with two attached hydrogens (primary N) is 1. The monoisotopic (exact) mass is 382 g/mol. The number of para-hydroxylation sites is 2. The van der Waals surface area contributed by atoms with E-state index in [1.807, 2.05) is 48.5 Å². The number of carbonyl (C=O) groups excluding carboxylic acids is 1. The molecule has 2 aromatic rings. The highest BCUT2D eigenvalue weighted by atomic mass is 16.7. The molecule has 0 radical (unpaired) electrons. The van der Waals surface area contributed by atoms with E-state index in [-0.39, 0.29) is 24.2 Å². The molecule has 0 bridgehead atoms. The van der Waals surface area contributed by atoms with Crippen LogP contribution < -0.4 is 11.1 Å². The standard InChI is InChI=1S/C22H26N2O4/c23-18-10-4-5-11-19(18)24-22(26)20-14-17(16-8-2-1-3-9-16)15-21(28-20)27-13-7-6-12-25/h1-5,8-11,14,17,21,25H,6-7,12-13,15,23H2,(H,24,26)/t17-,21+/m0/s1. The minimum atomic E-state index is -0.525. The molecular formula is C22H26N2O4. The van der Waals surface area contributed by atoms with Crippen LogP contribution in [0.25, 0.3) is 0 Å². The quantitative estimate of drug-likeness (QED) is 0.480. The second-order valence-corrected chi connectivity index (χ2v) is 6.67. The fourth-order valence-electron chi connectivity index (χ4n) is 3.07. The van der Waals surface area contributed by atoms with Crippen molar-refractivity contribution in [2.45, 2.75) is 31.5 Å². The number of benzene rings is 2. The molecule has 2 aromatic carbocycles. The zero-order chi connectivity index (χ0) is 19.8. The molecular weight excluding hydrogens is 356 g/mol. The van der Waals surface area contributed by atoms with Crippen molar-refractivity contribution in [2.24, 2.45) is 0 Å². The van der Waals surface area contributed by atoms with Crippen LogP contribution in [-0.2, 0) is 14.3 Å². The molecule has 1 aliphatic heterocycles. The summed E-state index contributed by atoms with van der Waals surface area (Å²) >= 11 is 0. The van der Waals surface area contributed by atoms with Crippen molar-refractivity contribution in [1.29, 1.82) is 0 Å². The van der Waals surface area contributed by atoms with Gasteiger partial charge >= 0.3 is 0 Å². The van der Waals surface area contributed by atoms with Crippen LogP contribution >= 0.6 is 0 Å². The fraction of sp³-hybridized carbons (Fsp3) is 0.318. The Morgan fingerprint density at radius 1 is 1.14 bits per heavy atom. The molecule has 6 heteroatoms. The third kappa shape index (κ3) is 5.34. The van der Waals surface area contributed by atoms with E-state index >= 15 is 0 Å². The van der Waals surface area contributed by atoms with Gasteiger partial charge in [-0.05, 0) is 36.6 Å². The molecule has 0 aromatic heterocycles. The predicted molar refractivity (Wildman–Crippen MR) is 109 cm³/mol. The lowest BCUT2D eigenvalue weighted by Crippen LogP contribution is -2.29. The number of allylic oxidation sites excluding steroid dienone is 1. The molecule has 6 nitrogen and oxygen atoms in total. The molecule has 0 aliphatic carbocycles. The number of rotatable bonds is 8. The van der Waals surface area contributed by atoms with Crippen molar-refractivity contribution in [3.8, 4) is 0 Å². The molecule has 0 saturated carbocycles. The first-order valence-electron chi connectivity index (χ1n) is 9.49. The van der Waals surface area contributed by atoms with E-state index in [9.17, 15) is 4.79 Å². The van der Waals surface area contributed by atoms with E-state index in [1.54, 1.807) is 12.1 Å². The first kappa shape index (κ1) is 19.9. The number of hydrogen-bond acceptors (Lipinski definition) is 5. The fourth-order valence-corrected chi connectivity index (χ4v) is 3.07. The lowest BCUT2D eigenvalue weighted by molar-refractivity contribution is -0.143. The first-order valence-corrected chi connectivity index (χ1v) is 9.49. The summed E-state index contributed by atoms with van der Waals surface area (Å²) in [6.07, 6.45) is 3.33. The Labute approximate surface area is 165 Å². The summed E-state index contributed by atoms with van der Waals surface area (Å²) in [5.41, 5.74) is 8.05. The van der Waals surface area contributed by atoms with Gasteiger partial charge in [0.25, 0.3) is 5.91 Å². The highest BCUT2D eigenvalue weighted by molar-refractivity contribution is 6.04. The van der Waals surface area contributed by atoms with Gasteiger partial charge in [-0.2, -0.15) is 0 Å². The minimum absolute atomic E-state index is 0.00617. The number of aliphatic hydroxyl groups excluding tert-OH is 1. The normalized spacial score (nSPS) is 18.8. The van der Waals surface area contributed by atoms with E-state index in [4.69, 9.17) is 20.3 Å². The minimum Gasteiger partial charge on any atom is -0.459 e. The number of nitrogen functional groups attached to an aromatic ring is 1. The molecule has 0 unspecified atom stereocenters. The van der Waals surface area contributed by atoms with Gasteiger partial charge in [-0.15, -0.1) is 0 Å². The van der Waals surface area contributed by atoms with Crippen LogP contribution in [0.5, 0.6) is 0 Å². The topological polar surface area (TPSA) is 93.8 Å². The van der Waals surface area contributed by atoms with E-state index < -0.39 is 6.29 Å². The second-order valence-electron chi connectivity index (χ2n) is 6.67. The van der Waals surface area contributed by atoms with Gasteiger partial charge in [0.2, 0.25) is 6.29 Å². The number of nitrogens with one attached hydrogen (secondary N) is 1. The molecule has 1 heterocycles. The van der Waals surface area contributed by atoms with Gasteiger partial charge in [-0.25, -0.2) is 0 Å². The summed E-state index contributed by atoms with van der Waals surface area (Å²) in [5, 5.41) is 11.7. The lowest BCUT2D eigenvalue weighted by atomic mass is 9.93. The SMILES string of the molecule is Nc1ccccc1NC(=O)C1=C[C@H](c2ccccc2)C[C@H](OCCCCO)O1. The number of ether oxygens (including phenoxy) is 2. The zero-order valence-electron chi connectivity index (χ0n) is 15.7. The Morgan fingerprint density at radius 3 is 2.64 bits per heavy atom. The smallest absolute Gasteiger partial charge is 0.290 e. The number of amides is 1. The van der Waals surface area contributed by atoms with E-state index in [2.05, 4.69) is 5.32 Å². The third-order valence-electron chi connectivity index (χ3n) is 4.57. The van der Waals surface area contributed by atoms with Crippen LogP contribution in [0.15, 0.2) is 66.4 Å². The van der Waals surface area contributed by atoms with Crippen molar-refractivity contribution < 1.29 is 19.4 Å². The molecule has 0 fully saturated rings. The van der Waals surface area contributed by atoms with E-state index in [0.29, 0.717) is 30.8 Å². The summed E-state index contributed by atoms with van der Waals surface area (Å²) in [6, 6.07) is 17.0. The number of aliphatic hydroxyl groups is 1. The third-order valence-corrected chi connectivity index (χ3v) is 4.57. The molecule has 2 atom stereocenters. The summed E-state index contributed by atoms with van der Waals surface area (Å²) in [4.78, 5) is 12.8. The molecule has 1 amide bonds. The van der Waals surface area contributed by atoms with Crippen molar-refractivity contribution >= 4 is 17.3 Å². The summed E-state index contributed by atoms with van der Waals surface area (Å²) < 4.78 is 11.6. The maximum absolute atomic E-state index is 12.8. The molecule has 28 heavy (non-hydrogen) atoms. The Balaban J connectivity index is 1.75. The highest BCUT2D eigenvalue weighted by Crippen LogP contribution is 2.32. The molecule has 148 valence electrons. The Morgan fingerprint density at radius 2 is 1.89 bits per heavy atom. The summed E-state index contributed by atoms with van der Waals surface area (Å²) in [6.45, 7) is 0.598. The number of carbonyl (C=O) groups is 1. The van der Waals surface area contributed by atoms with Crippen molar-refractivity contribution in [1.82, 2.24) is 0 Å². The Kier molecular flexibility index (Phi) is 7.06. The van der Waals surface area contributed by atoms with Crippen LogP contribution in [0, 0.1) is 0 Å². The second kappa shape index (κ2) is 9.92. The van der Waals surface area contributed by atoms with Crippen LogP contribution in [-0.4, -0.2) is 30.5 Å². The number of unbranched alkanes of at least 4 members (excludes halogenated alkanes) is 1. The highest BCUT2D eigenvalue weighted by Gasteiger charge is 2.28. The molecule has 4 N–H and O–H groups in total. The van der Waals surface area contributed by atoms with Gasteiger partial charge in [0.1, 0.15) is 0 Å². The number of anilines is 2. The largest absolute Gasteiger partial charge is 0.459 e. The molecule has 3 rings (SSSR count). The van der Waals surface area contributed by atoms with Crippen LogP contribution in [0.1, 0.15) is 30.7 Å². The summed E-state index contributed by atoms with van der Waals surface area (Å²) in [7, 11) is 0. The first-order chi connectivity index (χ1) is 13.7. The average molecular weight is 382 g/mol. The van der Waals surface area contributed by atoms with Crippen LogP contribution in [0.3, 0.4) is 0 Å². The van der Waals surface area contributed by atoms with Gasteiger partial charge in [0.05, 0.1) is 18.0 Å². The van der Waals surface area contributed by atoms with Crippen LogP contribution in [0.2, 0.25) is 0 Å². The molecule has 0 saturated heterocycles. The molecule has 1 aliphatic rings. The summed E-state index contributed by atoms with van der Waals surface area (Å²) in [5.74, 6) is -0.135. The van der Waals surface area contributed by atoms with Gasteiger partial charge in [-0.1, -0.05) is 42.5 Å². The maximum Gasteiger partial charge on any atom is 0.290 e. The Hall–Kier alpha value is -2.83. The average Bonchev–Trinajstić information content (AvgIpc) is 2.73. The zero-order valence-corrected chi connectivity index (χ0v) is 15.7. The van der Waals surface area contributed by atoms with Gasteiger partial charge in [0.15, 0.2) is 5.76 Å². The van der Waals surface area contributed by atoms with Gasteiger partial charge in [-0.3, -0.25) is 4.79 Å². The van der Waals surface area contributed by atoms with Crippen molar-refractivity contribution in [3.05, 3.63) is 72.0 Å². The van der Waals surface area contributed by atoms with Crippen molar-refractivity contribution in [2.75, 3.05) is 24.3 Å². The van der Waals surface area contributed by atoms with Crippen molar-refractivity contribution in [3.63, 3.8) is 0 Å². The van der Waals surface area contributed by atoms with Crippen LogP contribution in [0.4, 0.5) is 11.4 Å². The van der Waals surface area contributed by atoms with E-state index in [1.165, 1.54) is 0 Å².